The van der Waals surface area contributed by atoms with Crippen LogP contribution in [0, 0.1) is 0 Å². The molecule has 286 valence electrons. The third-order valence-corrected chi connectivity index (χ3v) is 12.7. The summed E-state index contributed by atoms with van der Waals surface area (Å²) < 4.78 is 6.74. The van der Waals surface area contributed by atoms with Crippen molar-refractivity contribution in [2.45, 2.75) is 5.41 Å². The second-order valence-corrected chi connectivity index (χ2v) is 16.0. The molecule has 0 amide bonds. The van der Waals surface area contributed by atoms with Gasteiger partial charge in [-0.2, -0.15) is 0 Å². The summed E-state index contributed by atoms with van der Waals surface area (Å²) in [6.07, 6.45) is 0. The smallest absolute Gasteiger partial charge is 0.143 e. The molecule has 10 aromatic carbocycles. The summed E-state index contributed by atoms with van der Waals surface area (Å²) in [6, 6.07) is 85.9. The molecule has 0 saturated heterocycles. The van der Waals surface area contributed by atoms with Crippen LogP contribution in [0.25, 0.3) is 66.1 Å². The van der Waals surface area contributed by atoms with Crippen molar-refractivity contribution >= 4 is 49.8 Å². The Morgan fingerprint density at radius 3 is 1.70 bits per heavy atom. The van der Waals surface area contributed by atoms with Crippen LogP contribution in [0.5, 0.6) is 0 Å². The van der Waals surface area contributed by atoms with Crippen LogP contribution in [-0.2, 0) is 5.41 Å². The fourth-order valence-corrected chi connectivity index (χ4v) is 9.95. The minimum absolute atomic E-state index is 0.556. The van der Waals surface area contributed by atoms with Crippen molar-refractivity contribution < 1.29 is 4.42 Å². The van der Waals surface area contributed by atoms with Crippen LogP contribution < -0.4 is 4.90 Å². The van der Waals surface area contributed by atoms with E-state index in [1.807, 2.05) is 0 Å². The number of benzene rings is 10. The van der Waals surface area contributed by atoms with E-state index >= 15 is 0 Å². The van der Waals surface area contributed by atoms with Gasteiger partial charge in [-0.25, -0.2) is 0 Å². The lowest BCUT2D eigenvalue weighted by Crippen LogP contribution is -2.28. The van der Waals surface area contributed by atoms with Gasteiger partial charge in [0, 0.05) is 33.4 Å². The van der Waals surface area contributed by atoms with E-state index in [1.54, 1.807) is 0 Å². The number of rotatable bonds is 7. The largest absolute Gasteiger partial charge is 0.455 e. The van der Waals surface area contributed by atoms with Gasteiger partial charge in [-0.1, -0.05) is 182 Å². The van der Waals surface area contributed by atoms with Gasteiger partial charge in [0.25, 0.3) is 0 Å². The van der Waals surface area contributed by atoms with Crippen LogP contribution in [0.3, 0.4) is 0 Å². The Morgan fingerprint density at radius 1 is 0.344 bits per heavy atom. The highest BCUT2D eigenvalue weighted by molar-refractivity contribution is 6.12. The van der Waals surface area contributed by atoms with Gasteiger partial charge in [0.05, 0.1) is 5.41 Å². The van der Waals surface area contributed by atoms with E-state index in [0.29, 0.717) is 0 Å². The number of para-hydroxylation sites is 2. The zero-order chi connectivity index (χ0) is 40.3. The summed E-state index contributed by atoms with van der Waals surface area (Å²) in [5.74, 6) is 0. The Morgan fingerprint density at radius 2 is 0.934 bits per heavy atom. The topological polar surface area (TPSA) is 16.4 Å². The van der Waals surface area contributed by atoms with Crippen molar-refractivity contribution in [3.05, 3.63) is 259 Å². The standard InChI is InChI=1S/C59H39NO/c1-3-17-46(18-4-1)59(54-24-11-9-23-53(54)57-55(59)37-36-52-51-22-10-12-25-56(51)61-58(52)57)47-19-13-16-44(39-47)41-28-32-49(33-29-41)60(48-20-5-2-6-21-48)50-34-30-42(31-35-50)45-27-26-40-14-7-8-15-43(40)38-45/h1-39H. The van der Waals surface area contributed by atoms with Gasteiger partial charge in [-0.05, 0) is 115 Å². The maximum atomic E-state index is 6.74. The van der Waals surface area contributed by atoms with Crippen molar-refractivity contribution in [3.63, 3.8) is 0 Å². The molecule has 0 aliphatic heterocycles. The molecule has 1 heterocycles. The third-order valence-electron chi connectivity index (χ3n) is 12.7. The molecule has 1 unspecified atom stereocenters. The van der Waals surface area contributed by atoms with Gasteiger partial charge in [0.15, 0.2) is 0 Å². The van der Waals surface area contributed by atoms with Crippen LogP contribution in [0.2, 0.25) is 0 Å². The molecule has 2 heteroatoms. The normalized spacial score (nSPS) is 14.3. The first-order chi connectivity index (χ1) is 30.2. The molecule has 0 saturated carbocycles. The molecule has 0 N–H and O–H groups in total. The zero-order valence-electron chi connectivity index (χ0n) is 33.4. The summed E-state index contributed by atoms with van der Waals surface area (Å²) in [4.78, 5) is 2.33. The summed E-state index contributed by atoms with van der Waals surface area (Å²) in [5, 5.41) is 4.79. The average Bonchev–Trinajstić information content (AvgIpc) is 3.87. The lowest BCUT2D eigenvalue weighted by Gasteiger charge is -2.34. The number of hydrogen-bond acceptors (Lipinski definition) is 2. The minimum atomic E-state index is -0.556. The predicted octanol–water partition coefficient (Wildman–Crippen LogP) is 15.9. The molecule has 1 aliphatic rings. The van der Waals surface area contributed by atoms with Gasteiger partial charge >= 0.3 is 0 Å². The Kier molecular flexibility index (Phi) is 8.11. The second kappa shape index (κ2) is 14.1. The van der Waals surface area contributed by atoms with E-state index in [9.17, 15) is 0 Å². The molecular formula is C59H39NO. The molecule has 12 rings (SSSR count). The number of anilines is 3. The van der Waals surface area contributed by atoms with Crippen LogP contribution in [-0.4, -0.2) is 0 Å². The van der Waals surface area contributed by atoms with E-state index in [2.05, 4.69) is 241 Å². The van der Waals surface area contributed by atoms with Gasteiger partial charge < -0.3 is 9.32 Å². The van der Waals surface area contributed by atoms with Gasteiger partial charge in [0.1, 0.15) is 11.2 Å². The summed E-state index contributed by atoms with van der Waals surface area (Å²) in [5.41, 5.74) is 16.7. The highest BCUT2D eigenvalue weighted by Crippen LogP contribution is 2.58. The molecule has 61 heavy (non-hydrogen) atoms. The molecule has 0 radical (unpaired) electrons. The maximum Gasteiger partial charge on any atom is 0.143 e. The van der Waals surface area contributed by atoms with Gasteiger partial charge in [-0.3, -0.25) is 0 Å². The first kappa shape index (κ1) is 35.0. The van der Waals surface area contributed by atoms with Crippen molar-refractivity contribution in [1.82, 2.24) is 0 Å². The van der Waals surface area contributed by atoms with E-state index in [-0.39, 0.29) is 0 Å². The van der Waals surface area contributed by atoms with E-state index in [1.165, 1.54) is 60.8 Å². The fraction of sp³-hybridized carbons (Fsp3) is 0.0169. The molecule has 2 nitrogen and oxygen atoms in total. The monoisotopic (exact) mass is 777 g/mol. The quantitative estimate of drug-likeness (QED) is 0.160. The number of nitrogens with zero attached hydrogens (tertiary/aromatic N) is 1. The first-order valence-electron chi connectivity index (χ1n) is 21.0. The van der Waals surface area contributed by atoms with Crippen LogP contribution in [0.1, 0.15) is 22.3 Å². The van der Waals surface area contributed by atoms with Crippen molar-refractivity contribution in [2.75, 3.05) is 4.90 Å². The summed E-state index contributed by atoms with van der Waals surface area (Å²) in [6.45, 7) is 0. The predicted molar refractivity (Wildman–Crippen MR) is 254 cm³/mol. The Bertz CT molecular complexity index is 3400. The molecule has 1 atom stereocenters. The number of furan rings is 1. The Labute approximate surface area is 355 Å². The summed E-state index contributed by atoms with van der Waals surface area (Å²) >= 11 is 0. The van der Waals surface area contributed by atoms with Crippen molar-refractivity contribution in [1.29, 1.82) is 0 Å². The van der Waals surface area contributed by atoms with E-state index < -0.39 is 5.41 Å². The van der Waals surface area contributed by atoms with Crippen LogP contribution in [0.15, 0.2) is 241 Å². The van der Waals surface area contributed by atoms with Crippen LogP contribution >= 0.6 is 0 Å². The maximum absolute atomic E-state index is 6.74. The lowest BCUT2D eigenvalue weighted by atomic mass is 9.67. The van der Waals surface area contributed by atoms with Gasteiger partial charge in [0.2, 0.25) is 0 Å². The van der Waals surface area contributed by atoms with Crippen molar-refractivity contribution in [2.24, 2.45) is 0 Å². The Hall–Kier alpha value is -7.94. The highest BCUT2D eigenvalue weighted by Gasteiger charge is 2.47. The molecule has 1 aromatic heterocycles. The minimum Gasteiger partial charge on any atom is -0.455 e. The molecule has 0 bridgehead atoms. The van der Waals surface area contributed by atoms with Crippen molar-refractivity contribution in [3.8, 4) is 33.4 Å². The second-order valence-electron chi connectivity index (χ2n) is 16.0. The van der Waals surface area contributed by atoms with E-state index in [0.717, 1.165) is 44.6 Å². The number of hydrogen-bond donors (Lipinski definition) is 0. The SMILES string of the molecule is c1ccc(N(c2ccc(-c3cccc(C4(c5ccccc5)c5ccccc5-c5c4ccc4c5oc5ccccc54)c3)cc2)c2ccc(-c3ccc4ccccc4c3)cc2)cc1. The lowest BCUT2D eigenvalue weighted by molar-refractivity contribution is 0.669. The zero-order valence-corrected chi connectivity index (χ0v) is 33.4. The summed E-state index contributed by atoms with van der Waals surface area (Å²) in [7, 11) is 0. The third kappa shape index (κ3) is 5.57. The first-order valence-corrected chi connectivity index (χ1v) is 21.0. The fourth-order valence-electron chi connectivity index (χ4n) is 9.95. The molecule has 0 spiro atoms. The number of fused-ring (bicyclic) bond motifs is 8. The van der Waals surface area contributed by atoms with Crippen LogP contribution in [0.4, 0.5) is 17.1 Å². The molecular weight excluding hydrogens is 739 g/mol. The molecule has 0 fully saturated rings. The molecule has 11 aromatic rings. The average molecular weight is 778 g/mol. The van der Waals surface area contributed by atoms with Gasteiger partial charge in [-0.15, -0.1) is 0 Å². The highest BCUT2D eigenvalue weighted by atomic mass is 16.3. The van der Waals surface area contributed by atoms with E-state index in [4.69, 9.17) is 4.42 Å². The molecule has 1 aliphatic carbocycles. The Balaban J connectivity index is 0.958.